The van der Waals surface area contributed by atoms with Gasteiger partial charge in [0.1, 0.15) is 0 Å². The van der Waals surface area contributed by atoms with Gasteiger partial charge < -0.3 is 10.2 Å². The van der Waals surface area contributed by atoms with Crippen LogP contribution in [0.3, 0.4) is 0 Å². The van der Waals surface area contributed by atoms with Gasteiger partial charge in [0.05, 0.1) is 5.69 Å². The molecule has 0 saturated carbocycles. The van der Waals surface area contributed by atoms with Crippen molar-refractivity contribution in [1.82, 2.24) is 15.0 Å². The molecule has 0 aliphatic carbocycles. The number of carboxylic acids is 2. The van der Waals surface area contributed by atoms with Crippen LogP contribution < -0.4 is 0 Å². The number of nitrogens with zero attached hydrogens (tertiary/aromatic N) is 3. The average molecular weight is 233 g/mol. The van der Waals surface area contributed by atoms with Crippen LogP contribution in [0.15, 0.2) is 30.3 Å². The number of carbonyl (C=O) groups is 2. The summed E-state index contributed by atoms with van der Waals surface area (Å²) in [7, 11) is 0. The fourth-order valence-electron chi connectivity index (χ4n) is 1.27. The number of aromatic carboxylic acids is 2. The van der Waals surface area contributed by atoms with Crippen molar-refractivity contribution < 1.29 is 19.8 Å². The maximum absolute atomic E-state index is 10.8. The molecule has 0 saturated heterocycles. The highest BCUT2D eigenvalue weighted by atomic mass is 16.4. The molecule has 17 heavy (non-hydrogen) atoms. The Morgan fingerprint density at radius 3 is 1.82 bits per heavy atom. The number of hydrogen-bond donors (Lipinski definition) is 2. The molecule has 7 heteroatoms. The van der Waals surface area contributed by atoms with E-state index in [4.69, 9.17) is 10.2 Å². The number of aromatic nitrogens is 3. The van der Waals surface area contributed by atoms with Gasteiger partial charge in [-0.25, -0.2) is 9.59 Å². The molecule has 0 atom stereocenters. The van der Waals surface area contributed by atoms with Crippen LogP contribution in [0.1, 0.15) is 21.0 Å². The van der Waals surface area contributed by atoms with Crippen molar-refractivity contribution in [3.63, 3.8) is 0 Å². The molecule has 0 unspecified atom stereocenters. The topological polar surface area (TPSA) is 105 Å². The van der Waals surface area contributed by atoms with Crippen molar-refractivity contribution in [1.29, 1.82) is 0 Å². The predicted octanol–water partition coefficient (Wildman–Crippen LogP) is 0.664. The standard InChI is InChI=1S/C10H7N3O4/c14-9(15)7-8(10(16)17)12-13(11-7)6-4-2-1-3-5-6/h1-5H,(H,14,15)(H,16,17). The number of carboxylic acid groups (broad SMARTS) is 2. The Kier molecular flexibility index (Phi) is 2.57. The summed E-state index contributed by atoms with van der Waals surface area (Å²) in [6.45, 7) is 0. The predicted molar refractivity (Wildman–Crippen MR) is 55.3 cm³/mol. The number of rotatable bonds is 3. The van der Waals surface area contributed by atoms with E-state index in [1.54, 1.807) is 30.3 Å². The molecule has 1 aromatic heterocycles. The molecule has 0 spiro atoms. The number of hydrogen-bond acceptors (Lipinski definition) is 4. The zero-order valence-electron chi connectivity index (χ0n) is 8.44. The molecule has 0 aliphatic rings. The minimum absolute atomic E-state index is 0.488. The lowest BCUT2D eigenvalue weighted by atomic mass is 10.3. The quantitative estimate of drug-likeness (QED) is 0.806. The summed E-state index contributed by atoms with van der Waals surface area (Å²) in [4.78, 5) is 22.6. The van der Waals surface area contributed by atoms with Crippen molar-refractivity contribution in [3.05, 3.63) is 41.7 Å². The first-order valence-corrected chi connectivity index (χ1v) is 4.59. The first-order chi connectivity index (χ1) is 8.09. The highest BCUT2D eigenvalue weighted by Gasteiger charge is 2.23. The first kappa shape index (κ1) is 10.8. The van der Waals surface area contributed by atoms with Crippen molar-refractivity contribution in [2.45, 2.75) is 0 Å². The maximum atomic E-state index is 10.8. The summed E-state index contributed by atoms with van der Waals surface area (Å²) >= 11 is 0. The fourth-order valence-corrected chi connectivity index (χ4v) is 1.27. The van der Waals surface area contributed by atoms with Crippen LogP contribution in [0.2, 0.25) is 0 Å². The molecule has 0 aliphatic heterocycles. The van der Waals surface area contributed by atoms with Gasteiger partial charge >= 0.3 is 11.9 Å². The molecule has 7 nitrogen and oxygen atoms in total. The lowest BCUT2D eigenvalue weighted by molar-refractivity contribution is 0.0644. The van der Waals surface area contributed by atoms with Crippen molar-refractivity contribution >= 4 is 11.9 Å². The fraction of sp³-hybridized carbons (Fsp3) is 0. The van der Waals surface area contributed by atoms with Crippen LogP contribution in [0, 0.1) is 0 Å². The van der Waals surface area contributed by atoms with Crippen molar-refractivity contribution in [2.75, 3.05) is 0 Å². The summed E-state index contributed by atoms with van der Waals surface area (Å²) in [6, 6.07) is 8.46. The Bertz CT molecular complexity index is 545. The Morgan fingerprint density at radius 1 is 0.941 bits per heavy atom. The van der Waals surface area contributed by atoms with Crippen LogP contribution in [-0.4, -0.2) is 37.1 Å². The molecule has 0 amide bonds. The van der Waals surface area contributed by atoms with E-state index in [0.29, 0.717) is 5.69 Å². The zero-order valence-corrected chi connectivity index (χ0v) is 8.44. The van der Waals surface area contributed by atoms with E-state index in [1.165, 1.54) is 0 Å². The van der Waals surface area contributed by atoms with Crippen LogP contribution in [0.25, 0.3) is 5.69 Å². The molecule has 0 radical (unpaired) electrons. The van der Waals surface area contributed by atoms with Crippen LogP contribution >= 0.6 is 0 Å². The van der Waals surface area contributed by atoms with E-state index in [0.717, 1.165) is 4.80 Å². The first-order valence-electron chi connectivity index (χ1n) is 4.59. The summed E-state index contributed by atoms with van der Waals surface area (Å²) < 4.78 is 0. The van der Waals surface area contributed by atoms with Gasteiger partial charge in [0.2, 0.25) is 11.4 Å². The highest BCUT2D eigenvalue weighted by molar-refractivity contribution is 5.98. The second-order valence-corrected chi connectivity index (χ2v) is 3.13. The van der Waals surface area contributed by atoms with Gasteiger partial charge in [0.25, 0.3) is 0 Å². The van der Waals surface area contributed by atoms with E-state index in [-0.39, 0.29) is 0 Å². The summed E-state index contributed by atoms with van der Waals surface area (Å²) in [5, 5.41) is 24.8. The van der Waals surface area contributed by atoms with E-state index in [2.05, 4.69) is 10.2 Å². The Labute approximate surface area is 94.9 Å². The molecule has 1 heterocycles. The molecule has 2 aromatic rings. The van der Waals surface area contributed by atoms with Crippen LogP contribution in [0.5, 0.6) is 0 Å². The van der Waals surface area contributed by atoms with Gasteiger partial charge in [0.15, 0.2) is 0 Å². The summed E-state index contributed by atoms with van der Waals surface area (Å²) in [5.41, 5.74) is -0.676. The second-order valence-electron chi connectivity index (χ2n) is 3.13. The van der Waals surface area contributed by atoms with Crippen molar-refractivity contribution in [2.24, 2.45) is 0 Å². The summed E-state index contributed by atoms with van der Waals surface area (Å²) in [6.07, 6.45) is 0. The number of benzene rings is 1. The van der Waals surface area contributed by atoms with Gasteiger partial charge in [-0.15, -0.1) is 15.0 Å². The van der Waals surface area contributed by atoms with Crippen molar-refractivity contribution in [3.8, 4) is 5.69 Å². The van der Waals surface area contributed by atoms with Gasteiger partial charge in [-0.1, -0.05) is 18.2 Å². The Hall–Kier alpha value is -2.70. The van der Waals surface area contributed by atoms with Crippen LogP contribution in [-0.2, 0) is 0 Å². The van der Waals surface area contributed by atoms with E-state index < -0.39 is 23.3 Å². The lowest BCUT2D eigenvalue weighted by Gasteiger charge is -1.96. The molecule has 2 N–H and O–H groups in total. The van der Waals surface area contributed by atoms with Crippen LogP contribution in [0.4, 0.5) is 0 Å². The van der Waals surface area contributed by atoms with E-state index in [9.17, 15) is 9.59 Å². The smallest absolute Gasteiger partial charge is 0.359 e. The molecule has 2 rings (SSSR count). The van der Waals surface area contributed by atoms with E-state index in [1.807, 2.05) is 0 Å². The third-order valence-electron chi connectivity index (χ3n) is 2.01. The largest absolute Gasteiger partial charge is 0.476 e. The minimum atomic E-state index is -1.43. The molecule has 1 aromatic carbocycles. The maximum Gasteiger partial charge on any atom is 0.359 e. The second kappa shape index (κ2) is 4.05. The van der Waals surface area contributed by atoms with Gasteiger partial charge in [0, 0.05) is 0 Å². The van der Waals surface area contributed by atoms with Gasteiger partial charge in [-0.05, 0) is 12.1 Å². The molecule has 0 bridgehead atoms. The number of para-hydroxylation sites is 1. The average Bonchev–Trinajstić information content (AvgIpc) is 2.75. The lowest BCUT2D eigenvalue weighted by Crippen LogP contribution is -2.07. The monoisotopic (exact) mass is 233 g/mol. The molecular weight excluding hydrogens is 226 g/mol. The SMILES string of the molecule is O=C(O)c1nn(-c2ccccc2)nc1C(=O)O. The zero-order chi connectivity index (χ0) is 12.4. The Balaban J connectivity index is 2.55. The third kappa shape index (κ3) is 1.98. The minimum Gasteiger partial charge on any atom is -0.476 e. The van der Waals surface area contributed by atoms with E-state index >= 15 is 0 Å². The third-order valence-corrected chi connectivity index (χ3v) is 2.01. The molecule has 86 valence electrons. The highest BCUT2D eigenvalue weighted by Crippen LogP contribution is 2.08. The van der Waals surface area contributed by atoms with Gasteiger partial charge in [-0.3, -0.25) is 0 Å². The normalized spacial score (nSPS) is 10.1. The molecular formula is C10H7N3O4. The Morgan fingerprint density at radius 2 is 1.41 bits per heavy atom. The van der Waals surface area contributed by atoms with Gasteiger partial charge in [-0.2, -0.15) is 0 Å². The molecule has 0 fully saturated rings. The summed E-state index contributed by atoms with van der Waals surface area (Å²) in [5.74, 6) is -2.85.